The summed E-state index contributed by atoms with van der Waals surface area (Å²) in [6.45, 7) is 0. The van der Waals surface area contributed by atoms with Crippen molar-refractivity contribution in [2.24, 2.45) is 0 Å². The van der Waals surface area contributed by atoms with E-state index in [2.05, 4.69) is 59.2 Å². The molecule has 0 unspecified atom stereocenters. The van der Waals surface area contributed by atoms with E-state index in [0.29, 0.717) is 0 Å². The number of hydrogen-bond donors (Lipinski definition) is 2. The van der Waals surface area contributed by atoms with Crippen LogP contribution in [-0.2, 0) is 0 Å². The number of anilines is 2. The summed E-state index contributed by atoms with van der Waals surface area (Å²) < 4.78 is 2.93. The van der Waals surface area contributed by atoms with Gasteiger partial charge in [0.2, 0.25) is 0 Å². The van der Waals surface area contributed by atoms with Gasteiger partial charge in [0.1, 0.15) is 0 Å². The molecule has 0 spiro atoms. The van der Waals surface area contributed by atoms with E-state index in [9.17, 15) is 0 Å². The third-order valence-electron chi connectivity index (χ3n) is 2.52. The summed E-state index contributed by atoms with van der Waals surface area (Å²) in [4.78, 5) is 0. The van der Waals surface area contributed by atoms with Gasteiger partial charge in [0.05, 0.1) is 0 Å². The van der Waals surface area contributed by atoms with Crippen molar-refractivity contribution in [1.82, 2.24) is 0 Å². The Morgan fingerprint density at radius 3 is 1.29 bits per heavy atom. The normalized spacial score (nSPS) is 10.0. The molecule has 0 heterocycles. The number of rotatable bonds is 4. The molecule has 3 heteroatoms. The van der Waals surface area contributed by atoms with Crippen LogP contribution >= 0.6 is 0 Å². The molecule has 88 valence electrons. The Morgan fingerprint density at radius 2 is 1.00 bits per heavy atom. The fourth-order valence-corrected chi connectivity index (χ4v) is 3.85. The van der Waals surface area contributed by atoms with Gasteiger partial charge in [-0.1, -0.05) is 0 Å². The van der Waals surface area contributed by atoms with Crippen LogP contribution in [0, 0.1) is 0 Å². The van der Waals surface area contributed by atoms with Crippen molar-refractivity contribution < 1.29 is 0 Å². The van der Waals surface area contributed by atoms with Gasteiger partial charge >= 0.3 is 113 Å². The molecule has 2 nitrogen and oxygen atoms in total. The SMILES string of the molecule is CNc1ccc([Te]c2ccc(NC)cc2)cc1. The van der Waals surface area contributed by atoms with E-state index in [1.807, 2.05) is 14.1 Å². The van der Waals surface area contributed by atoms with Crippen molar-refractivity contribution in [2.45, 2.75) is 0 Å². The topological polar surface area (TPSA) is 24.1 Å². The molecule has 0 aliphatic heterocycles. The number of nitrogens with one attached hydrogen (secondary N) is 2. The third-order valence-corrected chi connectivity index (χ3v) is 5.42. The van der Waals surface area contributed by atoms with Crippen LogP contribution < -0.4 is 17.9 Å². The van der Waals surface area contributed by atoms with E-state index in [-0.39, 0.29) is 20.9 Å². The molecule has 0 aliphatic carbocycles. The van der Waals surface area contributed by atoms with Crippen LogP contribution in [0.1, 0.15) is 0 Å². The molecule has 2 rings (SSSR count). The van der Waals surface area contributed by atoms with Gasteiger partial charge in [-0.2, -0.15) is 0 Å². The van der Waals surface area contributed by atoms with Gasteiger partial charge in [-0.15, -0.1) is 0 Å². The van der Waals surface area contributed by atoms with E-state index in [1.165, 1.54) is 18.6 Å². The zero-order chi connectivity index (χ0) is 12.1. The quantitative estimate of drug-likeness (QED) is 0.823. The predicted octanol–water partition coefficient (Wildman–Crippen LogP) is 1.42. The zero-order valence-electron chi connectivity index (χ0n) is 10.0. The Bertz CT molecular complexity index is 417. The molecule has 0 amide bonds. The summed E-state index contributed by atoms with van der Waals surface area (Å²) in [5, 5.41) is 6.28. The van der Waals surface area contributed by atoms with Crippen LogP contribution in [0.5, 0.6) is 0 Å². The average molecular weight is 340 g/mol. The van der Waals surface area contributed by atoms with Gasteiger partial charge in [-0.25, -0.2) is 0 Å². The molecule has 2 aromatic carbocycles. The van der Waals surface area contributed by atoms with Gasteiger partial charge in [-0.3, -0.25) is 0 Å². The van der Waals surface area contributed by atoms with Gasteiger partial charge in [0, 0.05) is 0 Å². The fraction of sp³-hybridized carbons (Fsp3) is 0.143. The second-order valence-corrected chi connectivity index (χ2v) is 6.92. The summed E-state index contributed by atoms with van der Waals surface area (Å²) in [7, 11) is 3.89. The standard InChI is InChI=1S/C14H16N2Te/c1-15-11-3-7-13(8-4-11)17-14-9-5-12(16-2)6-10-14/h3-10,15-16H,1-2H3. The maximum absolute atomic E-state index is 3.14. The molecule has 0 aliphatic rings. The van der Waals surface area contributed by atoms with Crippen LogP contribution in [0.3, 0.4) is 0 Å². The van der Waals surface area contributed by atoms with Gasteiger partial charge < -0.3 is 0 Å². The van der Waals surface area contributed by atoms with Crippen molar-refractivity contribution >= 4 is 39.5 Å². The first-order valence-corrected chi connectivity index (χ1v) is 7.88. The molecule has 0 saturated heterocycles. The first-order chi connectivity index (χ1) is 8.31. The predicted molar refractivity (Wildman–Crippen MR) is 77.0 cm³/mol. The molecule has 0 aromatic heterocycles. The van der Waals surface area contributed by atoms with Crippen LogP contribution in [-0.4, -0.2) is 35.0 Å². The summed E-state index contributed by atoms with van der Waals surface area (Å²) in [6.07, 6.45) is 0. The number of benzene rings is 2. The maximum atomic E-state index is 3.14. The molecule has 0 atom stereocenters. The third kappa shape index (κ3) is 3.39. The summed E-state index contributed by atoms with van der Waals surface area (Å²) >= 11 is -0.253. The minimum atomic E-state index is -0.253. The molecule has 2 aromatic rings. The molecule has 0 bridgehead atoms. The van der Waals surface area contributed by atoms with Gasteiger partial charge in [0.15, 0.2) is 0 Å². The Labute approximate surface area is 113 Å². The monoisotopic (exact) mass is 342 g/mol. The fourth-order valence-electron chi connectivity index (χ4n) is 1.52. The minimum absolute atomic E-state index is 0.253. The van der Waals surface area contributed by atoms with Crippen molar-refractivity contribution in [2.75, 3.05) is 24.7 Å². The molecule has 0 fully saturated rings. The molecule has 0 radical (unpaired) electrons. The molecule has 17 heavy (non-hydrogen) atoms. The van der Waals surface area contributed by atoms with Crippen molar-refractivity contribution in [3.05, 3.63) is 48.5 Å². The van der Waals surface area contributed by atoms with Crippen LogP contribution in [0.25, 0.3) is 0 Å². The Morgan fingerprint density at radius 1 is 0.647 bits per heavy atom. The first-order valence-electron chi connectivity index (χ1n) is 5.55. The number of hydrogen-bond acceptors (Lipinski definition) is 2. The Kier molecular flexibility index (Phi) is 4.30. The zero-order valence-corrected chi connectivity index (χ0v) is 12.4. The van der Waals surface area contributed by atoms with E-state index < -0.39 is 0 Å². The van der Waals surface area contributed by atoms with Gasteiger partial charge in [-0.05, 0) is 0 Å². The van der Waals surface area contributed by atoms with Crippen molar-refractivity contribution in [3.8, 4) is 0 Å². The average Bonchev–Trinajstić information content (AvgIpc) is 2.40. The molecule has 0 saturated carbocycles. The second-order valence-electron chi connectivity index (χ2n) is 3.65. The van der Waals surface area contributed by atoms with E-state index in [0.717, 1.165) is 0 Å². The molecular weight excluding hydrogens is 324 g/mol. The summed E-state index contributed by atoms with van der Waals surface area (Å²) in [5.74, 6) is 0. The van der Waals surface area contributed by atoms with Crippen molar-refractivity contribution in [3.63, 3.8) is 0 Å². The first kappa shape index (κ1) is 12.3. The Hall–Kier alpha value is -1.17. The van der Waals surface area contributed by atoms with Crippen LogP contribution in [0.2, 0.25) is 0 Å². The summed E-state index contributed by atoms with van der Waals surface area (Å²) in [5.41, 5.74) is 2.35. The van der Waals surface area contributed by atoms with Crippen LogP contribution in [0.4, 0.5) is 11.4 Å². The van der Waals surface area contributed by atoms with E-state index in [4.69, 9.17) is 0 Å². The van der Waals surface area contributed by atoms with Gasteiger partial charge in [0.25, 0.3) is 0 Å². The van der Waals surface area contributed by atoms with E-state index in [1.54, 1.807) is 0 Å². The Balaban J connectivity index is 2.08. The van der Waals surface area contributed by atoms with Crippen LogP contribution in [0.15, 0.2) is 48.5 Å². The van der Waals surface area contributed by atoms with Crippen molar-refractivity contribution in [1.29, 1.82) is 0 Å². The molecular formula is C14H16N2Te. The van der Waals surface area contributed by atoms with E-state index >= 15 is 0 Å². The molecule has 2 N–H and O–H groups in total. The summed E-state index contributed by atoms with van der Waals surface area (Å²) in [6, 6.07) is 17.5. The second kappa shape index (κ2) is 5.95.